The molecule has 0 rings (SSSR count). The summed E-state index contributed by atoms with van der Waals surface area (Å²) in [5.74, 6) is 0. The maximum Gasteiger partial charge on any atom is 0.469 e. The Morgan fingerprint density at radius 2 is 0.733 bits per heavy atom. The molecule has 30 heavy (non-hydrogen) atoms. The lowest BCUT2D eigenvalue weighted by Gasteiger charge is -2.39. The van der Waals surface area contributed by atoms with E-state index in [9.17, 15) is 0 Å². The van der Waals surface area contributed by atoms with Gasteiger partial charge in [0.15, 0.2) is 53.5 Å². The van der Waals surface area contributed by atoms with Gasteiger partial charge in [-0.3, -0.25) is 0 Å². The van der Waals surface area contributed by atoms with E-state index in [2.05, 4.69) is 85.1 Å². The van der Waals surface area contributed by atoms with Crippen LogP contribution >= 0.6 is 0 Å². The monoisotopic (exact) mass is 557 g/mol. The second-order valence-corrected chi connectivity index (χ2v) is 31.4. The molecule has 177 valence electrons. The van der Waals surface area contributed by atoms with E-state index >= 15 is 0 Å². The molecule has 0 bridgehead atoms. The lowest BCUT2D eigenvalue weighted by Crippen LogP contribution is -2.57. The molecule has 0 aromatic rings. The van der Waals surface area contributed by atoms with E-state index in [4.69, 9.17) is 24.7 Å². The van der Waals surface area contributed by atoms with Crippen molar-refractivity contribution in [3.8, 4) is 0 Å². The van der Waals surface area contributed by atoms with Crippen molar-refractivity contribution in [2.45, 2.75) is 104 Å². The second-order valence-electron chi connectivity index (χ2n) is 9.49. The van der Waals surface area contributed by atoms with Crippen molar-refractivity contribution in [3.05, 3.63) is 0 Å². The van der Waals surface area contributed by atoms with Crippen LogP contribution in [0.1, 0.15) is 6.42 Å². The van der Waals surface area contributed by atoms with Crippen LogP contribution in [-0.2, 0) is 24.7 Å². The summed E-state index contributed by atoms with van der Waals surface area (Å²) >= 11 is 0. The summed E-state index contributed by atoms with van der Waals surface area (Å²) in [7, 11) is -12.0. The Morgan fingerprint density at radius 1 is 0.467 bits per heavy atom. The van der Waals surface area contributed by atoms with Crippen molar-refractivity contribution in [1.82, 2.24) is 0 Å². The van der Waals surface area contributed by atoms with Crippen LogP contribution in [0.5, 0.6) is 0 Å². The quantitative estimate of drug-likeness (QED) is 0.235. The average molecular weight is 558 g/mol. The molecule has 0 N–H and O–H groups in total. The zero-order valence-electron chi connectivity index (χ0n) is 21.6. The molecule has 0 unspecified atom stereocenters. The standard InChI is InChI=1S/C16H45O6Si8/c1-23(2)17-29(18-24(3)4,19-25(5)6)15-14-16-30(20-26(7)8,21-27(9)10)22-28(11,12)13/h14-16H2,1-13H3. The van der Waals surface area contributed by atoms with E-state index in [0.717, 1.165) is 18.5 Å². The lowest BCUT2D eigenvalue weighted by atomic mass is 10.6. The molecule has 0 atom stereocenters. The Kier molecular flexibility index (Phi) is 14.7. The fraction of sp³-hybridized carbons (Fsp3) is 1.00. The molecule has 0 aromatic carbocycles. The molecule has 0 amide bonds. The lowest BCUT2D eigenvalue weighted by molar-refractivity contribution is 0.254. The predicted octanol–water partition coefficient (Wildman–Crippen LogP) is 5.44. The summed E-state index contributed by atoms with van der Waals surface area (Å²) in [4.78, 5) is 0. The van der Waals surface area contributed by atoms with E-state index in [1.165, 1.54) is 0 Å². The first-order chi connectivity index (χ1) is 13.5. The van der Waals surface area contributed by atoms with Crippen molar-refractivity contribution in [2.24, 2.45) is 0 Å². The molecule has 0 spiro atoms. The van der Waals surface area contributed by atoms with Gasteiger partial charge in [-0.1, -0.05) is 0 Å². The van der Waals surface area contributed by atoms with Crippen LogP contribution in [0.3, 0.4) is 0 Å². The summed E-state index contributed by atoms with van der Waals surface area (Å²) in [6.45, 7) is 28.3. The van der Waals surface area contributed by atoms with Crippen LogP contribution in [-0.4, -0.2) is 71.1 Å². The Morgan fingerprint density at radius 3 is 1.00 bits per heavy atom. The van der Waals surface area contributed by atoms with Gasteiger partial charge in [0.2, 0.25) is 0 Å². The smallest absolute Gasteiger partial charge is 0.417 e. The first-order valence-electron chi connectivity index (χ1n) is 10.7. The number of rotatable bonds is 16. The molecule has 5 radical (unpaired) electrons. The highest BCUT2D eigenvalue weighted by molar-refractivity contribution is 6.85. The van der Waals surface area contributed by atoms with Gasteiger partial charge < -0.3 is 24.7 Å². The Balaban J connectivity index is 5.69. The highest BCUT2D eigenvalue weighted by Gasteiger charge is 2.48. The zero-order chi connectivity index (χ0) is 23.8. The van der Waals surface area contributed by atoms with Gasteiger partial charge in [-0.15, -0.1) is 0 Å². The van der Waals surface area contributed by atoms with E-state index in [-0.39, 0.29) is 0 Å². The largest absolute Gasteiger partial charge is 0.469 e. The van der Waals surface area contributed by atoms with Gasteiger partial charge >= 0.3 is 17.6 Å². The van der Waals surface area contributed by atoms with Gasteiger partial charge in [0.1, 0.15) is 0 Å². The Bertz CT molecular complexity index is 437. The highest BCUT2D eigenvalue weighted by atomic mass is 28.5. The van der Waals surface area contributed by atoms with Gasteiger partial charge in [0, 0.05) is 12.1 Å². The minimum Gasteiger partial charge on any atom is -0.417 e. The first-order valence-corrected chi connectivity index (χ1v) is 30.0. The molecule has 0 fully saturated rings. The third-order valence-corrected chi connectivity index (χ3v) is 23.2. The molecule has 0 aliphatic rings. The van der Waals surface area contributed by atoms with E-state index in [1.807, 2.05) is 0 Å². The van der Waals surface area contributed by atoms with Gasteiger partial charge in [-0.05, 0) is 91.5 Å². The molecular weight excluding hydrogens is 513 g/mol. The summed E-state index contributed by atoms with van der Waals surface area (Å²) in [5, 5.41) is 0. The summed E-state index contributed by atoms with van der Waals surface area (Å²) in [6, 6.07) is 1.63. The second kappa shape index (κ2) is 14.0. The maximum atomic E-state index is 6.70. The van der Waals surface area contributed by atoms with Crippen LogP contribution in [0.25, 0.3) is 0 Å². The topological polar surface area (TPSA) is 55.4 Å². The minimum absolute atomic E-state index is 0.814. The highest BCUT2D eigenvalue weighted by Crippen LogP contribution is 2.29. The summed E-state index contributed by atoms with van der Waals surface area (Å²) < 4.78 is 39.3. The third-order valence-electron chi connectivity index (χ3n) is 3.23. The number of hydrogen-bond donors (Lipinski definition) is 0. The van der Waals surface area contributed by atoms with Crippen molar-refractivity contribution in [1.29, 1.82) is 0 Å². The van der Waals surface area contributed by atoms with Crippen LogP contribution in [0.4, 0.5) is 0 Å². The molecule has 0 heterocycles. The molecule has 14 heteroatoms. The zero-order valence-corrected chi connectivity index (χ0v) is 29.6. The van der Waals surface area contributed by atoms with E-state index in [0.29, 0.717) is 0 Å². The van der Waals surface area contributed by atoms with Crippen molar-refractivity contribution < 1.29 is 24.7 Å². The van der Waals surface area contributed by atoms with Crippen molar-refractivity contribution in [3.63, 3.8) is 0 Å². The maximum absolute atomic E-state index is 6.70. The fourth-order valence-corrected chi connectivity index (χ4v) is 26.4. The summed E-state index contributed by atoms with van der Waals surface area (Å²) in [6.07, 6.45) is 0.895. The van der Waals surface area contributed by atoms with Crippen LogP contribution < -0.4 is 0 Å². The SMILES string of the molecule is C[Si](C)O[Si](CCC[Si](O[Si](C)C)(O[Si](C)C)O[Si](C)(C)C)(O[Si](C)C)O[Si](C)C. The number of hydrogen-bond acceptors (Lipinski definition) is 6. The Hall–Kier alpha value is 1.50. The van der Waals surface area contributed by atoms with Crippen molar-refractivity contribution in [2.75, 3.05) is 0 Å². The minimum atomic E-state index is -2.74. The molecule has 0 saturated carbocycles. The fourth-order valence-electron chi connectivity index (χ4n) is 2.97. The molecule has 6 nitrogen and oxygen atoms in total. The summed E-state index contributed by atoms with van der Waals surface area (Å²) in [5.41, 5.74) is 0. The average Bonchev–Trinajstić information content (AvgIpc) is 2.40. The van der Waals surface area contributed by atoms with Crippen molar-refractivity contribution >= 4 is 71.1 Å². The van der Waals surface area contributed by atoms with E-state index in [1.54, 1.807) is 0 Å². The molecule has 0 aliphatic heterocycles. The van der Waals surface area contributed by atoms with Gasteiger partial charge in [0.25, 0.3) is 0 Å². The molecule has 0 aliphatic carbocycles. The first kappa shape index (κ1) is 31.5. The molecule has 0 aromatic heterocycles. The Labute approximate surface area is 198 Å². The third kappa shape index (κ3) is 14.6. The van der Waals surface area contributed by atoms with Crippen LogP contribution in [0, 0.1) is 0 Å². The van der Waals surface area contributed by atoms with Gasteiger partial charge in [0.05, 0.1) is 0 Å². The van der Waals surface area contributed by atoms with E-state index < -0.39 is 71.1 Å². The van der Waals surface area contributed by atoms with Crippen LogP contribution in [0.2, 0.25) is 97.2 Å². The predicted molar refractivity (Wildman–Crippen MR) is 143 cm³/mol. The molecule has 0 saturated heterocycles. The van der Waals surface area contributed by atoms with Gasteiger partial charge in [-0.2, -0.15) is 0 Å². The normalized spacial score (nSPS) is 14.2. The van der Waals surface area contributed by atoms with Gasteiger partial charge in [-0.25, -0.2) is 0 Å². The molecular formula is C16H45O6Si8. The van der Waals surface area contributed by atoms with Crippen LogP contribution in [0.15, 0.2) is 0 Å².